The lowest BCUT2D eigenvalue weighted by Gasteiger charge is -2.01. The first-order chi connectivity index (χ1) is 7.77. The second-order valence-electron chi connectivity index (χ2n) is 2.62. The number of anilines is 1. The number of hydrogen-bond acceptors (Lipinski definition) is 6. The summed E-state index contributed by atoms with van der Waals surface area (Å²) in [4.78, 5) is 0. The number of hydrogen-bond donors (Lipinski definition) is 3. The molecule has 84 valence electrons. The van der Waals surface area contributed by atoms with Gasteiger partial charge in [0.2, 0.25) is 0 Å². The minimum Gasteiger partial charge on any atom is -0.411 e. The van der Waals surface area contributed by atoms with E-state index in [0.717, 1.165) is 12.4 Å². The third-order valence-electron chi connectivity index (χ3n) is 1.56. The summed E-state index contributed by atoms with van der Waals surface area (Å²) in [6.07, 6.45) is 1.85. The number of nitrogens with one attached hydrogen (secondary N) is 1. The molecule has 16 heavy (non-hydrogen) atoms. The van der Waals surface area contributed by atoms with E-state index in [1.807, 2.05) is 0 Å². The number of benzene rings is 1. The lowest BCUT2D eigenvalue weighted by atomic mass is 10.3. The van der Waals surface area contributed by atoms with Gasteiger partial charge < -0.3 is 10.4 Å². The average Bonchev–Trinajstić information content (AvgIpc) is 2.28. The van der Waals surface area contributed by atoms with Crippen LogP contribution in [0.15, 0.2) is 39.7 Å². The maximum Gasteiger partial charge on any atom is 0.148 e. The Balaban J connectivity index is 2.81. The molecule has 0 saturated heterocycles. The van der Waals surface area contributed by atoms with Crippen molar-refractivity contribution in [1.82, 2.24) is 0 Å². The Hall–Kier alpha value is -2.44. The fourth-order valence-corrected chi connectivity index (χ4v) is 0.886. The fraction of sp³-hybridized carbons (Fsp3) is 0. The number of rotatable bonds is 4. The van der Waals surface area contributed by atoms with Crippen LogP contribution in [0.3, 0.4) is 0 Å². The van der Waals surface area contributed by atoms with Crippen molar-refractivity contribution < 1.29 is 14.8 Å². The van der Waals surface area contributed by atoms with Gasteiger partial charge in [-0.25, -0.2) is 4.39 Å². The second-order valence-corrected chi connectivity index (χ2v) is 2.62. The van der Waals surface area contributed by atoms with E-state index in [1.165, 1.54) is 18.2 Å². The summed E-state index contributed by atoms with van der Waals surface area (Å²) in [5.41, 5.74) is 2.56. The van der Waals surface area contributed by atoms with Gasteiger partial charge in [0.25, 0.3) is 0 Å². The van der Waals surface area contributed by atoms with Gasteiger partial charge in [-0.1, -0.05) is 22.4 Å². The topological polar surface area (TPSA) is 89.6 Å². The molecule has 0 aliphatic heterocycles. The van der Waals surface area contributed by atoms with Gasteiger partial charge in [-0.3, -0.25) is 5.43 Å². The average molecular weight is 224 g/mol. The van der Waals surface area contributed by atoms with Gasteiger partial charge in [-0.15, -0.1) is 0 Å². The molecular weight excluding hydrogens is 215 g/mol. The quantitative estimate of drug-likeness (QED) is 0.411. The first-order valence-electron chi connectivity index (χ1n) is 4.21. The van der Waals surface area contributed by atoms with Gasteiger partial charge in [-0.05, 0) is 12.1 Å². The van der Waals surface area contributed by atoms with E-state index < -0.39 is 5.82 Å². The van der Waals surface area contributed by atoms with Crippen molar-refractivity contribution >= 4 is 23.8 Å². The van der Waals surface area contributed by atoms with E-state index in [2.05, 4.69) is 20.8 Å². The monoisotopic (exact) mass is 224 g/mol. The zero-order valence-corrected chi connectivity index (χ0v) is 8.08. The summed E-state index contributed by atoms with van der Waals surface area (Å²) in [6.45, 7) is 0. The lowest BCUT2D eigenvalue weighted by molar-refractivity contribution is 0.321. The van der Waals surface area contributed by atoms with Gasteiger partial charge in [-0.2, -0.15) is 5.10 Å². The summed E-state index contributed by atoms with van der Waals surface area (Å²) in [5.74, 6) is -0.479. The molecule has 0 bridgehead atoms. The van der Waals surface area contributed by atoms with Crippen LogP contribution in [0.4, 0.5) is 10.1 Å². The molecular formula is C9H9FN4O2. The Bertz CT molecular complexity index is 417. The van der Waals surface area contributed by atoms with Crippen LogP contribution in [-0.2, 0) is 0 Å². The van der Waals surface area contributed by atoms with Crippen LogP contribution in [0.25, 0.3) is 0 Å². The Kier molecular flexibility index (Phi) is 4.45. The molecule has 1 rings (SSSR count). The molecule has 0 spiro atoms. The van der Waals surface area contributed by atoms with E-state index in [0.29, 0.717) is 0 Å². The minimum atomic E-state index is -0.479. The number of halogens is 1. The Morgan fingerprint density at radius 1 is 1.19 bits per heavy atom. The van der Waals surface area contributed by atoms with E-state index in [4.69, 9.17) is 10.4 Å². The molecule has 0 fully saturated rings. The van der Waals surface area contributed by atoms with Crippen molar-refractivity contribution in [2.75, 3.05) is 5.43 Å². The minimum absolute atomic E-state index is 0.0215. The summed E-state index contributed by atoms with van der Waals surface area (Å²) in [7, 11) is 0. The van der Waals surface area contributed by atoms with Crippen molar-refractivity contribution in [2.45, 2.75) is 0 Å². The molecule has 0 aromatic heterocycles. The largest absolute Gasteiger partial charge is 0.411 e. The Morgan fingerprint density at radius 2 is 1.81 bits per heavy atom. The SMILES string of the molecule is O/N=C\C(/C=N\O)=NNc1ccccc1F. The van der Waals surface area contributed by atoms with Crippen LogP contribution < -0.4 is 5.43 Å². The first kappa shape index (κ1) is 11.6. The lowest BCUT2D eigenvalue weighted by Crippen LogP contribution is -2.06. The zero-order valence-electron chi connectivity index (χ0n) is 8.08. The normalized spacial score (nSPS) is 10.8. The standard InChI is InChI=1S/C9H9FN4O2/c10-8-3-1-2-4-9(8)14-13-7(5-11-15)6-12-16/h1-6,14-16H/b11-5-,12-6-. The summed E-state index contributed by atoms with van der Waals surface area (Å²) in [5, 5.41) is 25.6. The van der Waals surface area contributed by atoms with Crippen LogP contribution in [-0.4, -0.2) is 28.6 Å². The predicted molar refractivity (Wildman–Crippen MR) is 58.0 cm³/mol. The molecule has 0 unspecified atom stereocenters. The molecule has 0 aliphatic carbocycles. The van der Waals surface area contributed by atoms with Crippen molar-refractivity contribution in [2.24, 2.45) is 15.4 Å². The molecule has 1 aromatic rings. The highest BCUT2D eigenvalue weighted by Gasteiger charge is 1.98. The molecule has 7 heteroatoms. The van der Waals surface area contributed by atoms with Crippen LogP contribution in [0.2, 0.25) is 0 Å². The number of nitrogens with zero attached hydrogens (tertiary/aromatic N) is 3. The summed E-state index contributed by atoms with van der Waals surface area (Å²) < 4.78 is 13.1. The van der Waals surface area contributed by atoms with Gasteiger partial charge in [0.1, 0.15) is 11.5 Å². The molecule has 6 nitrogen and oxygen atoms in total. The highest BCUT2D eigenvalue weighted by molar-refractivity contribution is 6.55. The molecule has 0 heterocycles. The van der Waals surface area contributed by atoms with Gasteiger partial charge >= 0.3 is 0 Å². The van der Waals surface area contributed by atoms with E-state index in [-0.39, 0.29) is 11.4 Å². The zero-order chi connectivity index (χ0) is 11.8. The van der Waals surface area contributed by atoms with Gasteiger partial charge in [0.05, 0.1) is 18.1 Å². The third-order valence-corrected chi connectivity index (χ3v) is 1.56. The van der Waals surface area contributed by atoms with Gasteiger partial charge in [0, 0.05) is 0 Å². The van der Waals surface area contributed by atoms with Crippen molar-refractivity contribution in [3.63, 3.8) is 0 Å². The molecule has 1 aromatic carbocycles. The fourth-order valence-electron chi connectivity index (χ4n) is 0.886. The van der Waals surface area contributed by atoms with E-state index in [1.54, 1.807) is 6.07 Å². The van der Waals surface area contributed by atoms with Crippen molar-refractivity contribution in [3.8, 4) is 0 Å². The van der Waals surface area contributed by atoms with Crippen LogP contribution in [0, 0.1) is 5.82 Å². The molecule has 3 N–H and O–H groups in total. The maximum absolute atomic E-state index is 13.1. The Labute approximate surface area is 90.4 Å². The smallest absolute Gasteiger partial charge is 0.148 e. The first-order valence-corrected chi connectivity index (χ1v) is 4.21. The highest BCUT2D eigenvalue weighted by atomic mass is 19.1. The second kappa shape index (κ2) is 6.12. The van der Waals surface area contributed by atoms with Crippen LogP contribution >= 0.6 is 0 Å². The summed E-state index contributed by atoms with van der Waals surface area (Å²) >= 11 is 0. The van der Waals surface area contributed by atoms with Crippen molar-refractivity contribution in [3.05, 3.63) is 30.1 Å². The maximum atomic E-state index is 13.1. The predicted octanol–water partition coefficient (Wildman–Crippen LogP) is 1.51. The van der Waals surface area contributed by atoms with Crippen LogP contribution in [0.5, 0.6) is 0 Å². The number of hydrazone groups is 1. The number of para-hydroxylation sites is 1. The molecule has 0 saturated carbocycles. The highest BCUT2D eigenvalue weighted by Crippen LogP contribution is 2.11. The van der Waals surface area contributed by atoms with E-state index in [9.17, 15) is 4.39 Å². The van der Waals surface area contributed by atoms with E-state index >= 15 is 0 Å². The number of oxime groups is 2. The molecule has 0 amide bonds. The summed E-state index contributed by atoms with van der Waals surface area (Å²) in [6, 6.07) is 5.90. The third kappa shape index (κ3) is 3.37. The van der Waals surface area contributed by atoms with Crippen molar-refractivity contribution in [1.29, 1.82) is 0 Å². The molecule has 0 aliphatic rings. The van der Waals surface area contributed by atoms with Gasteiger partial charge in [0.15, 0.2) is 0 Å². The van der Waals surface area contributed by atoms with Crippen LogP contribution in [0.1, 0.15) is 0 Å². The Morgan fingerprint density at radius 3 is 2.38 bits per heavy atom. The molecule has 0 atom stereocenters. The molecule has 0 radical (unpaired) electrons.